The molecule has 1 aliphatic heterocycles. The third-order valence-electron chi connectivity index (χ3n) is 4.76. The number of hydrogen-bond donors (Lipinski definition) is 0. The molecule has 24 heavy (non-hydrogen) atoms. The highest BCUT2D eigenvalue weighted by Gasteiger charge is 2.29. The van der Waals surface area contributed by atoms with Crippen LogP contribution < -0.4 is 0 Å². The highest BCUT2D eigenvalue weighted by Crippen LogP contribution is 2.28. The summed E-state index contributed by atoms with van der Waals surface area (Å²) in [6, 6.07) is 20.3. The van der Waals surface area contributed by atoms with Gasteiger partial charge in [-0.1, -0.05) is 60.7 Å². The third-order valence-corrected chi connectivity index (χ3v) is 4.76. The van der Waals surface area contributed by atoms with Crippen molar-refractivity contribution in [2.75, 3.05) is 19.7 Å². The number of carbonyl (C=O) groups excluding carboxylic acids is 1. The summed E-state index contributed by atoms with van der Waals surface area (Å²) in [5, 5.41) is 0. The van der Waals surface area contributed by atoms with Crippen molar-refractivity contribution in [1.82, 2.24) is 4.90 Å². The maximum Gasteiger partial charge on any atom is 0.162 e. The minimum Gasteiger partial charge on any atom is -0.371 e. The van der Waals surface area contributed by atoms with Crippen molar-refractivity contribution in [3.63, 3.8) is 0 Å². The molecule has 2 aromatic carbocycles. The Bertz CT molecular complexity index is 641. The molecule has 3 rings (SSSR count). The predicted octanol–water partition coefficient (Wildman–Crippen LogP) is 4.11. The van der Waals surface area contributed by atoms with E-state index >= 15 is 0 Å². The molecule has 1 heterocycles. The SMILES string of the molecule is CC1C(c2ccccc2)OCCN1CCCC(=O)c1ccccc1. The fraction of sp³-hybridized carbons (Fsp3) is 0.381. The van der Waals surface area contributed by atoms with Gasteiger partial charge in [-0.25, -0.2) is 0 Å². The van der Waals surface area contributed by atoms with Crippen LogP contribution in [0.25, 0.3) is 0 Å². The number of hydrogen-bond acceptors (Lipinski definition) is 3. The van der Waals surface area contributed by atoms with E-state index in [4.69, 9.17) is 4.74 Å². The second-order valence-electron chi connectivity index (χ2n) is 6.37. The summed E-state index contributed by atoms with van der Waals surface area (Å²) in [5.74, 6) is 0.233. The van der Waals surface area contributed by atoms with Gasteiger partial charge in [0.1, 0.15) is 0 Å². The average Bonchev–Trinajstić information content (AvgIpc) is 2.64. The van der Waals surface area contributed by atoms with Crippen LogP contribution in [-0.4, -0.2) is 36.4 Å². The van der Waals surface area contributed by atoms with Crippen LogP contribution >= 0.6 is 0 Å². The van der Waals surface area contributed by atoms with Crippen LogP contribution in [0.2, 0.25) is 0 Å². The van der Waals surface area contributed by atoms with Gasteiger partial charge in [0.15, 0.2) is 5.78 Å². The topological polar surface area (TPSA) is 29.5 Å². The monoisotopic (exact) mass is 323 g/mol. The number of ketones is 1. The van der Waals surface area contributed by atoms with Gasteiger partial charge in [-0.2, -0.15) is 0 Å². The Morgan fingerprint density at radius 1 is 1.08 bits per heavy atom. The molecule has 1 fully saturated rings. The number of rotatable bonds is 6. The van der Waals surface area contributed by atoms with E-state index in [1.165, 1.54) is 5.56 Å². The normalized spacial score (nSPS) is 21.5. The molecule has 3 nitrogen and oxygen atoms in total. The summed E-state index contributed by atoms with van der Waals surface area (Å²) in [4.78, 5) is 14.7. The van der Waals surface area contributed by atoms with E-state index in [-0.39, 0.29) is 11.9 Å². The van der Waals surface area contributed by atoms with Gasteiger partial charge in [0, 0.05) is 24.6 Å². The van der Waals surface area contributed by atoms with Gasteiger partial charge in [0.05, 0.1) is 12.7 Å². The van der Waals surface area contributed by atoms with Gasteiger partial charge in [0.2, 0.25) is 0 Å². The van der Waals surface area contributed by atoms with Crippen LogP contribution in [0.3, 0.4) is 0 Å². The molecular formula is C21H25NO2. The number of carbonyl (C=O) groups is 1. The second kappa shape index (κ2) is 8.22. The third kappa shape index (κ3) is 4.11. The Morgan fingerprint density at radius 2 is 1.75 bits per heavy atom. The van der Waals surface area contributed by atoms with Crippen molar-refractivity contribution in [2.24, 2.45) is 0 Å². The number of ether oxygens (including phenoxy) is 1. The first-order valence-electron chi connectivity index (χ1n) is 8.74. The predicted molar refractivity (Wildman–Crippen MR) is 96.2 cm³/mol. The lowest BCUT2D eigenvalue weighted by Gasteiger charge is -2.39. The van der Waals surface area contributed by atoms with Crippen LogP contribution in [0.1, 0.15) is 41.8 Å². The molecule has 1 saturated heterocycles. The molecule has 0 bridgehead atoms. The summed E-state index contributed by atoms with van der Waals surface area (Å²) < 4.78 is 5.99. The van der Waals surface area contributed by atoms with Crippen LogP contribution in [0, 0.1) is 0 Å². The molecule has 0 spiro atoms. The fourth-order valence-electron chi connectivity index (χ4n) is 3.38. The first-order valence-corrected chi connectivity index (χ1v) is 8.74. The Balaban J connectivity index is 1.53. The van der Waals surface area contributed by atoms with E-state index in [1.54, 1.807) is 0 Å². The Labute approximate surface area is 144 Å². The molecule has 0 aromatic heterocycles. The lowest BCUT2D eigenvalue weighted by atomic mass is 10.00. The summed E-state index contributed by atoms with van der Waals surface area (Å²) in [6.07, 6.45) is 1.61. The van der Waals surface area contributed by atoms with E-state index in [1.807, 2.05) is 36.4 Å². The van der Waals surface area contributed by atoms with Gasteiger partial charge in [0.25, 0.3) is 0 Å². The van der Waals surface area contributed by atoms with Crippen LogP contribution in [0.4, 0.5) is 0 Å². The molecule has 126 valence electrons. The number of Topliss-reactive ketones (excluding diaryl/α,β-unsaturated/α-hetero) is 1. The second-order valence-corrected chi connectivity index (χ2v) is 6.37. The van der Waals surface area contributed by atoms with Gasteiger partial charge >= 0.3 is 0 Å². The number of morpholine rings is 1. The zero-order valence-electron chi connectivity index (χ0n) is 14.2. The zero-order valence-corrected chi connectivity index (χ0v) is 14.2. The lowest BCUT2D eigenvalue weighted by molar-refractivity contribution is -0.0671. The smallest absolute Gasteiger partial charge is 0.162 e. The van der Waals surface area contributed by atoms with Crippen LogP contribution in [0.15, 0.2) is 60.7 Å². The van der Waals surface area contributed by atoms with Gasteiger partial charge in [-0.3, -0.25) is 9.69 Å². The quantitative estimate of drug-likeness (QED) is 0.749. The molecule has 0 aliphatic carbocycles. The highest BCUT2D eigenvalue weighted by atomic mass is 16.5. The molecule has 0 N–H and O–H groups in total. The maximum atomic E-state index is 12.2. The van der Waals surface area contributed by atoms with Gasteiger partial charge in [-0.15, -0.1) is 0 Å². The summed E-state index contributed by atoms with van der Waals surface area (Å²) in [6.45, 7) is 4.84. The van der Waals surface area contributed by atoms with Crippen molar-refractivity contribution >= 4 is 5.78 Å². The molecule has 2 atom stereocenters. The molecule has 0 amide bonds. The minimum atomic E-state index is 0.116. The van der Waals surface area contributed by atoms with Crippen LogP contribution in [0.5, 0.6) is 0 Å². The van der Waals surface area contributed by atoms with Gasteiger partial charge in [-0.05, 0) is 25.5 Å². The van der Waals surface area contributed by atoms with E-state index in [9.17, 15) is 4.79 Å². The Hall–Kier alpha value is -1.97. The molecule has 0 radical (unpaired) electrons. The molecule has 2 aromatic rings. The van der Waals surface area contributed by atoms with E-state index in [2.05, 4.69) is 36.1 Å². The molecular weight excluding hydrogens is 298 g/mol. The molecule has 3 heteroatoms. The van der Waals surface area contributed by atoms with Crippen LogP contribution in [-0.2, 0) is 4.74 Å². The van der Waals surface area contributed by atoms with Crippen molar-refractivity contribution in [3.8, 4) is 0 Å². The first kappa shape index (κ1) is 16.9. The standard InChI is InChI=1S/C21H25NO2/c1-17-21(19-11-6-3-7-12-19)24-16-15-22(17)14-8-13-20(23)18-9-4-2-5-10-18/h2-7,9-12,17,21H,8,13-16H2,1H3. The summed E-state index contributed by atoms with van der Waals surface area (Å²) in [7, 11) is 0. The van der Waals surface area contributed by atoms with E-state index < -0.39 is 0 Å². The highest BCUT2D eigenvalue weighted by molar-refractivity contribution is 5.95. The van der Waals surface area contributed by atoms with Crippen molar-refractivity contribution in [3.05, 3.63) is 71.8 Å². The Kier molecular flexibility index (Phi) is 5.78. The molecule has 1 aliphatic rings. The Morgan fingerprint density at radius 3 is 2.46 bits per heavy atom. The lowest BCUT2D eigenvalue weighted by Crippen LogP contribution is -2.45. The maximum absolute atomic E-state index is 12.2. The van der Waals surface area contributed by atoms with Crippen molar-refractivity contribution in [2.45, 2.75) is 31.9 Å². The first-order chi connectivity index (χ1) is 11.8. The summed E-state index contributed by atoms with van der Waals surface area (Å²) >= 11 is 0. The van der Waals surface area contributed by atoms with E-state index in [0.717, 1.165) is 31.7 Å². The number of benzene rings is 2. The molecule has 2 unspecified atom stereocenters. The molecule has 0 saturated carbocycles. The van der Waals surface area contributed by atoms with E-state index in [0.29, 0.717) is 12.5 Å². The average molecular weight is 323 g/mol. The van der Waals surface area contributed by atoms with Crippen molar-refractivity contribution < 1.29 is 9.53 Å². The zero-order chi connectivity index (χ0) is 16.8. The summed E-state index contributed by atoms with van der Waals surface area (Å²) in [5.41, 5.74) is 2.05. The van der Waals surface area contributed by atoms with Gasteiger partial charge < -0.3 is 4.74 Å². The number of nitrogens with zero attached hydrogens (tertiary/aromatic N) is 1. The fourth-order valence-corrected chi connectivity index (χ4v) is 3.38. The largest absolute Gasteiger partial charge is 0.371 e. The minimum absolute atomic E-state index is 0.116. The van der Waals surface area contributed by atoms with Crippen molar-refractivity contribution in [1.29, 1.82) is 0 Å².